The lowest BCUT2D eigenvalue weighted by molar-refractivity contribution is 0.263. The van der Waals surface area contributed by atoms with Crippen molar-refractivity contribution in [1.82, 2.24) is 4.98 Å². The van der Waals surface area contributed by atoms with Crippen molar-refractivity contribution in [1.29, 1.82) is 0 Å². The standard InChI is InChI=1S/C13H20N2O/c16-10-2-4-12-3-1-9-15(11-12)13-5-7-14-8-6-13/h5-8,12,16H,1-4,9-11H2. The third-order valence-electron chi connectivity index (χ3n) is 3.32. The van der Waals surface area contributed by atoms with Gasteiger partial charge in [-0.2, -0.15) is 0 Å². The molecule has 1 atom stereocenters. The van der Waals surface area contributed by atoms with Crippen LogP contribution in [0.1, 0.15) is 25.7 Å². The molecule has 2 heterocycles. The Morgan fingerprint density at radius 1 is 1.38 bits per heavy atom. The summed E-state index contributed by atoms with van der Waals surface area (Å²) in [5.41, 5.74) is 1.28. The average Bonchev–Trinajstić information content (AvgIpc) is 2.38. The van der Waals surface area contributed by atoms with E-state index in [2.05, 4.69) is 22.0 Å². The first kappa shape index (κ1) is 11.4. The van der Waals surface area contributed by atoms with E-state index in [-0.39, 0.29) is 0 Å². The molecule has 3 nitrogen and oxygen atoms in total. The van der Waals surface area contributed by atoms with Crippen LogP contribution in [0.3, 0.4) is 0 Å². The number of piperidine rings is 1. The van der Waals surface area contributed by atoms with Crippen LogP contribution in [-0.4, -0.2) is 29.8 Å². The first-order chi connectivity index (χ1) is 7.90. The van der Waals surface area contributed by atoms with Crippen LogP contribution < -0.4 is 4.90 Å². The van der Waals surface area contributed by atoms with E-state index in [1.807, 2.05) is 12.4 Å². The van der Waals surface area contributed by atoms with Gasteiger partial charge in [-0.3, -0.25) is 4.98 Å². The predicted octanol–water partition coefficient (Wildman–Crippen LogP) is 2.07. The molecular weight excluding hydrogens is 200 g/mol. The SMILES string of the molecule is OCCCC1CCCN(c2ccncc2)C1. The monoisotopic (exact) mass is 220 g/mol. The van der Waals surface area contributed by atoms with Gasteiger partial charge in [-0.1, -0.05) is 0 Å². The van der Waals surface area contributed by atoms with Gasteiger partial charge in [0.25, 0.3) is 0 Å². The van der Waals surface area contributed by atoms with Gasteiger partial charge in [0, 0.05) is 37.8 Å². The summed E-state index contributed by atoms with van der Waals surface area (Å²) in [7, 11) is 0. The zero-order valence-corrected chi connectivity index (χ0v) is 9.68. The Morgan fingerprint density at radius 3 is 2.94 bits per heavy atom. The van der Waals surface area contributed by atoms with E-state index in [0.29, 0.717) is 6.61 Å². The quantitative estimate of drug-likeness (QED) is 0.844. The summed E-state index contributed by atoms with van der Waals surface area (Å²) in [5, 5.41) is 8.86. The molecule has 1 aliphatic rings. The maximum absolute atomic E-state index is 8.86. The molecule has 2 rings (SSSR count). The van der Waals surface area contributed by atoms with Crippen LogP contribution in [0.5, 0.6) is 0 Å². The highest BCUT2D eigenvalue weighted by Gasteiger charge is 2.19. The Morgan fingerprint density at radius 2 is 2.19 bits per heavy atom. The van der Waals surface area contributed by atoms with Crippen molar-refractivity contribution in [3.63, 3.8) is 0 Å². The maximum atomic E-state index is 8.86. The Bertz CT molecular complexity index is 302. The number of aliphatic hydroxyl groups is 1. The van der Waals surface area contributed by atoms with Crippen molar-refractivity contribution in [3.8, 4) is 0 Å². The second-order valence-corrected chi connectivity index (χ2v) is 4.53. The molecule has 0 aliphatic carbocycles. The molecule has 0 radical (unpaired) electrons. The highest BCUT2D eigenvalue weighted by Crippen LogP contribution is 2.25. The minimum atomic E-state index is 0.325. The summed E-state index contributed by atoms with van der Waals surface area (Å²) < 4.78 is 0. The van der Waals surface area contributed by atoms with Crippen molar-refractivity contribution in [2.75, 3.05) is 24.6 Å². The Labute approximate surface area is 97.1 Å². The molecule has 1 unspecified atom stereocenters. The summed E-state index contributed by atoms with van der Waals surface area (Å²) in [6, 6.07) is 4.16. The molecule has 1 fully saturated rings. The molecule has 1 saturated heterocycles. The van der Waals surface area contributed by atoms with E-state index in [1.54, 1.807) is 0 Å². The van der Waals surface area contributed by atoms with Gasteiger partial charge in [-0.15, -0.1) is 0 Å². The molecule has 0 spiro atoms. The summed E-state index contributed by atoms with van der Waals surface area (Å²) >= 11 is 0. The molecule has 0 amide bonds. The third-order valence-corrected chi connectivity index (χ3v) is 3.32. The van der Waals surface area contributed by atoms with Crippen LogP contribution >= 0.6 is 0 Å². The summed E-state index contributed by atoms with van der Waals surface area (Å²) in [5.74, 6) is 0.745. The van der Waals surface area contributed by atoms with Gasteiger partial charge in [0.15, 0.2) is 0 Å². The van der Waals surface area contributed by atoms with Gasteiger partial charge in [-0.25, -0.2) is 0 Å². The third kappa shape index (κ3) is 2.95. The molecule has 0 bridgehead atoms. The summed E-state index contributed by atoms with van der Waals surface area (Å²) in [6.45, 7) is 2.61. The van der Waals surface area contributed by atoms with Crippen molar-refractivity contribution in [3.05, 3.63) is 24.5 Å². The van der Waals surface area contributed by atoms with Crippen LogP contribution in [-0.2, 0) is 0 Å². The zero-order valence-electron chi connectivity index (χ0n) is 9.68. The second kappa shape index (κ2) is 5.85. The molecule has 3 heteroatoms. The number of pyridine rings is 1. The molecule has 1 aromatic heterocycles. The normalized spacial score (nSPS) is 21.1. The fourth-order valence-electron chi connectivity index (χ4n) is 2.47. The van der Waals surface area contributed by atoms with Crippen LogP contribution in [0.2, 0.25) is 0 Å². The number of hydrogen-bond acceptors (Lipinski definition) is 3. The van der Waals surface area contributed by atoms with Gasteiger partial charge in [0.05, 0.1) is 0 Å². The Hall–Kier alpha value is -1.09. The summed E-state index contributed by atoms with van der Waals surface area (Å²) in [4.78, 5) is 6.49. The van der Waals surface area contributed by atoms with Crippen molar-refractivity contribution < 1.29 is 5.11 Å². The zero-order chi connectivity index (χ0) is 11.2. The molecule has 88 valence electrons. The number of hydrogen-bond donors (Lipinski definition) is 1. The van der Waals surface area contributed by atoms with E-state index in [1.165, 1.54) is 18.5 Å². The molecule has 16 heavy (non-hydrogen) atoms. The van der Waals surface area contributed by atoms with E-state index >= 15 is 0 Å². The van der Waals surface area contributed by atoms with Gasteiger partial charge in [0.2, 0.25) is 0 Å². The Kier molecular flexibility index (Phi) is 4.17. The number of anilines is 1. The molecule has 1 aliphatic heterocycles. The fraction of sp³-hybridized carbons (Fsp3) is 0.615. The highest BCUT2D eigenvalue weighted by molar-refractivity contribution is 5.44. The van der Waals surface area contributed by atoms with Gasteiger partial charge in [-0.05, 0) is 43.7 Å². The molecule has 0 aromatic carbocycles. The highest BCUT2D eigenvalue weighted by atomic mass is 16.2. The number of aromatic nitrogens is 1. The lowest BCUT2D eigenvalue weighted by Gasteiger charge is -2.34. The van der Waals surface area contributed by atoms with Gasteiger partial charge < -0.3 is 10.0 Å². The Balaban J connectivity index is 1.91. The van der Waals surface area contributed by atoms with Crippen molar-refractivity contribution in [2.45, 2.75) is 25.7 Å². The van der Waals surface area contributed by atoms with Gasteiger partial charge in [0.1, 0.15) is 0 Å². The smallest absolute Gasteiger partial charge is 0.0431 e. The molecule has 1 N–H and O–H groups in total. The average molecular weight is 220 g/mol. The van der Waals surface area contributed by atoms with E-state index < -0.39 is 0 Å². The van der Waals surface area contributed by atoms with Crippen LogP contribution in [0.4, 0.5) is 5.69 Å². The summed E-state index contributed by atoms with van der Waals surface area (Å²) in [6.07, 6.45) is 8.37. The van der Waals surface area contributed by atoms with E-state index in [4.69, 9.17) is 5.11 Å². The van der Waals surface area contributed by atoms with Crippen molar-refractivity contribution >= 4 is 5.69 Å². The lowest BCUT2D eigenvalue weighted by Crippen LogP contribution is -2.35. The van der Waals surface area contributed by atoms with Crippen LogP contribution in [0.25, 0.3) is 0 Å². The minimum absolute atomic E-state index is 0.325. The van der Waals surface area contributed by atoms with Crippen molar-refractivity contribution in [2.24, 2.45) is 5.92 Å². The van der Waals surface area contributed by atoms with E-state index in [9.17, 15) is 0 Å². The molecule has 0 saturated carbocycles. The molecule has 1 aromatic rings. The van der Waals surface area contributed by atoms with Gasteiger partial charge >= 0.3 is 0 Å². The largest absolute Gasteiger partial charge is 0.396 e. The fourth-order valence-corrected chi connectivity index (χ4v) is 2.47. The number of rotatable bonds is 4. The minimum Gasteiger partial charge on any atom is -0.396 e. The maximum Gasteiger partial charge on any atom is 0.0431 e. The van der Waals surface area contributed by atoms with E-state index in [0.717, 1.165) is 31.8 Å². The number of aliphatic hydroxyl groups excluding tert-OH is 1. The number of nitrogens with zero attached hydrogens (tertiary/aromatic N) is 2. The van der Waals surface area contributed by atoms with Crippen LogP contribution in [0, 0.1) is 5.92 Å². The van der Waals surface area contributed by atoms with Crippen LogP contribution in [0.15, 0.2) is 24.5 Å². The predicted molar refractivity (Wildman–Crippen MR) is 65.5 cm³/mol. The lowest BCUT2D eigenvalue weighted by atomic mass is 9.93. The topological polar surface area (TPSA) is 36.4 Å². The first-order valence-electron chi connectivity index (χ1n) is 6.16. The molecular formula is C13H20N2O. The first-order valence-corrected chi connectivity index (χ1v) is 6.16. The second-order valence-electron chi connectivity index (χ2n) is 4.53.